The topological polar surface area (TPSA) is 61.0 Å². The molecule has 114 valence electrons. The highest BCUT2D eigenvalue weighted by Gasteiger charge is 2.15. The molecule has 4 nitrogen and oxygen atoms in total. The predicted molar refractivity (Wildman–Crippen MR) is 92.6 cm³/mol. The number of hydrogen-bond acceptors (Lipinski definition) is 4. The first-order valence-corrected chi connectivity index (χ1v) is 6.92. The van der Waals surface area contributed by atoms with Gasteiger partial charge in [0.1, 0.15) is 11.6 Å². The fourth-order valence-electron chi connectivity index (χ4n) is 2.57. The molecule has 0 fully saturated rings. The summed E-state index contributed by atoms with van der Waals surface area (Å²) in [5.41, 5.74) is 9.67. The van der Waals surface area contributed by atoms with Crippen molar-refractivity contribution >= 4 is 29.1 Å². The van der Waals surface area contributed by atoms with Crippen LogP contribution in [0.25, 0.3) is 22.0 Å². The summed E-state index contributed by atoms with van der Waals surface area (Å²) in [5, 5.41) is 1.08. The van der Waals surface area contributed by atoms with Crippen LogP contribution in [0.4, 0.5) is 5.82 Å². The third kappa shape index (κ3) is 2.70. The van der Waals surface area contributed by atoms with Gasteiger partial charge >= 0.3 is 0 Å². The van der Waals surface area contributed by atoms with Gasteiger partial charge in [0.05, 0.1) is 23.9 Å². The van der Waals surface area contributed by atoms with E-state index in [4.69, 9.17) is 10.5 Å². The first-order chi connectivity index (χ1) is 10.2. The molecule has 0 unspecified atom stereocenters. The third-order valence-corrected chi connectivity index (χ3v) is 3.56. The van der Waals surface area contributed by atoms with Gasteiger partial charge in [-0.2, -0.15) is 0 Å². The second-order valence-corrected chi connectivity index (χ2v) is 4.80. The first-order valence-electron chi connectivity index (χ1n) is 6.92. The monoisotopic (exact) mass is 315 g/mol. The van der Waals surface area contributed by atoms with Crippen LogP contribution in [0.1, 0.15) is 12.6 Å². The van der Waals surface area contributed by atoms with E-state index in [9.17, 15) is 0 Å². The van der Waals surface area contributed by atoms with E-state index < -0.39 is 0 Å². The zero-order chi connectivity index (χ0) is 14.8. The number of nitrogens with two attached hydrogens (primary N) is 1. The lowest BCUT2D eigenvalue weighted by Crippen LogP contribution is -1.99. The van der Waals surface area contributed by atoms with Gasteiger partial charge in [-0.25, -0.2) is 4.98 Å². The minimum absolute atomic E-state index is 0. The zero-order valence-corrected chi connectivity index (χ0v) is 13.4. The molecule has 0 atom stereocenters. The molecule has 3 aromatic rings. The van der Waals surface area contributed by atoms with Gasteiger partial charge in [-0.05, 0) is 36.8 Å². The average Bonchev–Trinajstić information content (AvgIpc) is 2.53. The van der Waals surface area contributed by atoms with Gasteiger partial charge in [-0.3, -0.25) is 4.98 Å². The minimum Gasteiger partial charge on any atom is -0.496 e. The quantitative estimate of drug-likeness (QED) is 0.797. The van der Waals surface area contributed by atoms with Crippen LogP contribution in [0, 0.1) is 0 Å². The molecule has 5 heteroatoms. The SMILES string of the molecule is CCc1nc(N)ccc1-c1c(OC)ccc2cccnc12.Cl. The molecule has 0 saturated carbocycles. The number of rotatable bonds is 3. The molecule has 0 amide bonds. The Morgan fingerprint density at radius 1 is 1.14 bits per heavy atom. The molecule has 0 saturated heterocycles. The Balaban J connectivity index is 0.00000176. The number of ether oxygens (including phenoxy) is 1. The van der Waals surface area contributed by atoms with E-state index in [1.165, 1.54) is 0 Å². The summed E-state index contributed by atoms with van der Waals surface area (Å²) in [6.45, 7) is 2.07. The maximum atomic E-state index is 5.81. The van der Waals surface area contributed by atoms with Crippen molar-refractivity contribution < 1.29 is 4.74 Å². The lowest BCUT2D eigenvalue weighted by molar-refractivity contribution is 0.417. The molecule has 0 spiro atoms. The Hall–Kier alpha value is -2.33. The number of anilines is 1. The van der Waals surface area contributed by atoms with Crippen LogP contribution in [-0.4, -0.2) is 17.1 Å². The standard InChI is InChI=1S/C17H17N3O.ClH/c1-3-13-12(7-9-15(18)20-13)16-14(21-2)8-6-11-5-4-10-19-17(11)16;/h4-10H,3H2,1-2H3,(H2,18,20);1H. The second-order valence-electron chi connectivity index (χ2n) is 4.80. The minimum atomic E-state index is 0. The number of fused-ring (bicyclic) bond motifs is 1. The summed E-state index contributed by atoms with van der Waals surface area (Å²) in [4.78, 5) is 8.97. The van der Waals surface area contributed by atoms with Crippen molar-refractivity contribution in [3.63, 3.8) is 0 Å². The van der Waals surface area contributed by atoms with Gasteiger partial charge in [0.2, 0.25) is 0 Å². The number of benzene rings is 1. The van der Waals surface area contributed by atoms with Crippen molar-refractivity contribution in [3.8, 4) is 16.9 Å². The van der Waals surface area contributed by atoms with Crippen molar-refractivity contribution in [2.45, 2.75) is 13.3 Å². The normalized spacial score (nSPS) is 10.3. The summed E-state index contributed by atoms with van der Waals surface area (Å²) in [7, 11) is 1.67. The molecule has 2 heterocycles. The summed E-state index contributed by atoms with van der Waals surface area (Å²) >= 11 is 0. The summed E-state index contributed by atoms with van der Waals surface area (Å²) in [6.07, 6.45) is 2.59. The van der Waals surface area contributed by atoms with Crippen LogP contribution < -0.4 is 10.5 Å². The molecule has 0 aliphatic carbocycles. The Kier molecular flexibility index (Phi) is 4.83. The van der Waals surface area contributed by atoms with Gasteiger partial charge in [0.15, 0.2) is 0 Å². The molecule has 1 aromatic carbocycles. The lowest BCUT2D eigenvalue weighted by atomic mass is 9.98. The molecule has 22 heavy (non-hydrogen) atoms. The molecule has 0 bridgehead atoms. The number of methoxy groups -OCH3 is 1. The van der Waals surface area contributed by atoms with Crippen molar-refractivity contribution in [1.82, 2.24) is 9.97 Å². The van der Waals surface area contributed by atoms with Gasteiger partial charge in [0.25, 0.3) is 0 Å². The van der Waals surface area contributed by atoms with E-state index in [-0.39, 0.29) is 12.4 Å². The highest BCUT2D eigenvalue weighted by Crippen LogP contribution is 2.37. The number of pyridine rings is 2. The molecule has 0 aliphatic heterocycles. The van der Waals surface area contributed by atoms with Crippen LogP contribution in [0.2, 0.25) is 0 Å². The van der Waals surface area contributed by atoms with Crippen LogP contribution in [-0.2, 0) is 6.42 Å². The van der Waals surface area contributed by atoms with Crippen molar-refractivity contribution in [2.24, 2.45) is 0 Å². The van der Waals surface area contributed by atoms with Crippen LogP contribution in [0.3, 0.4) is 0 Å². The Bertz CT molecular complexity index is 805. The van der Waals surface area contributed by atoms with Crippen molar-refractivity contribution in [1.29, 1.82) is 0 Å². The van der Waals surface area contributed by atoms with Crippen LogP contribution >= 0.6 is 12.4 Å². The van der Waals surface area contributed by atoms with E-state index in [0.717, 1.165) is 39.9 Å². The summed E-state index contributed by atoms with van der Waals surface area (Å²) in [5.74, 6) is 1.32. The highest BCUT2D eigenvalue weighted by atomic mass is 35.5. The van der Waals surface area contributed by atoms with Gasteiger partial charge < -0.3 is 10.5 Å². The number of aryl methyl sites for hydroxylation is 1. The Morgan fingerprint density at radius 3 is 2.68 bits per heavy atom. The fraction of sp³-hybridized carbons (Fsp3) is 0.176. The number of hydrogen-bond donors (Lipinski definition) is 1. The van der Waals surface area contributed by atoms with Crippen LogP contribution in [0.15, 0.2) is 42.6 Å². The molecule has 2 N–H and O–H groups in total. The van der Waals surface area contributed by atoms with E-state index in [1.54, 1.807) is 13.3 Å². The Labute approximate surface area is 135 Å². The predicted octanol–water partition coefficient (Wildman–Crippen LogP) is 3.87. The van der Waals surface area contributed by atoms with E-state index in [0.29, 0.717) is 5.82 Å². The summed E-state index contributed by atoms with van der Waals surface area (Å²) in [6, 6.07) is 11.8. The molecular formula is C17H18ClN3O. The van der Waals surface area contributed by atoms with Gasteiger partial charge in [-0.15, -0.1) is 12.4 Å². The first kappa shape index (κ1) is 16.0. The highest BCUT2D eigenvalue weighted by molar-refractivity contribution is 5.97. The maximum Gasteiger partial charge on any atom is 0.128 e. The molecule has 0 radical (unpaired) electrons. The van der Waals surface area contributed by atoms with Crippen molar-refractivity contribution in [3.05, 3.63) is 48.3 Å². The fourth-order valence-corrected chi connectivity index (χ4v) is 2.57. The van der Waals surface area contributed by atoms with Gasteiger partial charge in [-0.1, -0.05) is 13.0 Å². The third-order valence-electron chi connectivity index (χ3n) is 3.56. The molecule has 0 aliphatic rings. The van der Waals surface area contributed by atoms with Crippen LogP contribution in [0.5, 0.6) is 5.75 Å². The maximum absolute atomic E-state index is 5.81. The number of halogens is 1. The molecule has 3 rings (SSSR count). The largest absolute Gasteiger partial charge is 0.496 e. The van der Waals surface area contributed by atoms with E-state index >= 15 is 0 Å². The zero-order valence-electron chi connectivity index (χ0n) is 12.5. The number of nitrogen functional groups attached to an aromatic ring is 1. The molecular weight excluding hydrogens is 298 g/mol. The number of nitrogens with zero attached hydrogens (tertiary/aromatic N) is 2. The van der Waals surface area contributed by atoms with Crippen molar-refractivity contribution in [2.75, 3.05) is 12.8 Å². The number of aromatic nitrogens is 2. The lowest BCUT2D eigenvalue weighted by Gasteiger charge is -2.14. The Morgan fingerprint density at radius 2 is 1.95 bits per heavy atom. The second kappa shape index (κ2) is 6.62. The van der Waals surface area contributed by atoms with E-state index in [1.807, 2.05) is 36.4 Å². The van der Waals surface area contributed by atoms with E-state index in [2.05, 4.69) is 16.9 Å². The molecule has 2 aromatic heterocycles. The van der Waals surface area contributed by atoms with Gasteiger partial charge in [0, 0.05) is 17.1 Å². The summed E-state index contributed by atoms with van der Waals surface area (Å²) < 4.78 is 5.54. The smallest absolute Gasteiger partial charge is 0.128 e. The average molecular weight is 316 g/mol.